The van der Waals surface area contributed by atoms with Crippen LogP contribution in [0.15, 0.2) is 36.4 Å². The van der Waals surface area contributed by atoms with Crippen LogP contribution in [0.25, 0.3) is 0 Å². The number of halogens is 3. The van der Waals surface area contributed by atoms with Crippen LogP contribution in [0.1, 0.15) is 23.1 Å². The minimum absolute atomic E-state index is 0.106. The molecule has 3 N–H and O–H groups in total. The molecule has 0 amide bonds. The van der Waals surface area contributed by atoms with Crippen molar-refractivity contribution in [3.05, 3.63) is 58.9 Å². The van der Waals surface area contributed by atoms with E-state index < -0.39 is 6.43 Å². The summed E-state index contributed by atoms with van der Waals surface area (Å²) in [5, 5.41) is 2.98. The molecule has 0 spiro atoms. The molecule has 0 bridgehead atoms. The van der Waals surface area contributed by atoms with Crippen molar-refractivity contribution in [2.24, 2.45) is 0 Å². The number of nitrogens with one attached hydrogen (secondary N) is 1. The summed E-state index contributed by atoms with van der Waals surface area (Å²) in [6.45, 7) is 2.31. The van der Waals surface area contributed by atoms with Crippen LogP contribution < -0.4 is 11.1 Å². The van der Waals surface area contributed by atoms with Gasteiger partial charge in [0.05, 0.1) is 0 Å². The van der Waals surface area contributed by atoms with Crippen molar-refractivity contribution < 1.29 is 13.2 Å². The fraction of sp³-hybridized carbons (Fsp3) is 0.250. The quantitative estimate of drug-likeness (QED) is 0.806. The topological polar surface area (TPSA) is 38.0 Å². The predicted molar refractivity (Wildman–Crippen MR) is 79.1 cm³/mol. The van der Waals surface area contributed by atoms with Gasteiger partial charge in [-0.25, -0.2) is 13.2 Å². The summed E-state index contributed by atoms with van der Waals surface area (Å²) in [6, 6.07) is 8.98. The van der Waals surface area contributed by atoms with Gasteiger partial charge in [0.25, 0.3) is 6.43 Å². The molecule has 0 aliphatic rings. The predicted octanol–water partition coefficient (Wildman–Crippen LogP) is 4.31. The third-order valence-corrected chi connectivity index (χ3v) is 3.33. The van der Waals surface area contributed by atoms with Gasteiger partial charge in [-0.05, 0) is 54.8 Å². The third kappa shape index (κ3) is 3.90. The Bertz CT molecular complexity index is 627. The van der Waals surface area contributed by atoms with E-state index in [4.69, 9.17) is 5.73 Å². The lowest BCUT2D eigenvalue weighted by molar-refractivity contribution is 0.152. The molecule has 0 radical (unpaired) electrons. The highest BCUT2D eigenvalue weighted by atomic mass is 19.3. The first-order valence-electron chi connectivity index (χ1n) is 6.64. The van der Waals surface area contributed by atoms with Gasteiger partial charge >= 0.3 is 0 Å². The van der Waals surface area contributed by atoms with Crippen molar-refractivity contribution in [2.75, 3.05) is 17.6 Å². The molecule has 0 aromatic heterocycles. The van der Waals surface area contributed by atoms with Crippen molar-refractivity contribution in [1.82, 2.24) is 0 Å². The Morgan fingerprint density at radius 2 is 1.90 bits per heavy atom. The van der Waals surface area contributed by atoms with Crippen LogP contribution in [-0.4, -0.2) is 6.54 Å². The molecule has 0 heterocycles. The molecule has 0 atom stereocenters. The molecule has 2 nitrogen and oxygen atoms in total. The van der Waals surface area contributed by atoms with Gasteiger partial charge in [0.2, 0.25) is 0 Å². The Labute approximate surface area is 121 Å². The zero-order valence-corrected chi connectivity index (χ0v) is 11.7. The summed E-state index contributed by atoms with van der Waals surface area (Å²) in [6.07, 6.45) is -1.96. The summed E-state index contributed by atoms with van der Waals surface area (Å²) < 4.78 is 38.9. The molecule has 112 valence electrons. The van der Waals surface area contributed by atoms with Crippen LogP contribution in [-0.2, 0) is 6.42 Å². The van der Waals surface area contributed by atoms with Crippen LogP contribution in [0.4, 0.5) is 24.5 Å². The molecule has 5 heteroatoms. The average Bonchev–Trinajstić information content (AvgIpc) is 2.42. The van der Waals surface area contributed by atoms with Gasteiger partial charge in [-0.2, -0.15) is 0 Å². The first-order valence-corrected chi connectivity index (χ1v) is 6.64. The van der Waals surface area contributed by atoms with Crippen molar-refractivity contribution in [2.45, 2.75) is 19.8 Å². The largest absolute Gasteiger partial charge is 0.399 e. The molecular weight excluding hydrogens is 277 g/mol. The number of anilines is 2. The van der Waals surface area contributed by atoms with Crippen LogP contribution in [0.2, 0.25) is 0 Å². The summed E-state index contributed by atoms with van der Waals surface area (Å²) in [5.41, 5.74) is 7.94. The normalized spacial score (nSPS) is 10.9. The molecule has 2 aromatic carbocycles. The van der Waals surface area contributed by atoms with Gasteiger partial charge in [-0.1, -0.05) is 6.07 Å². The van der Waals surface area contributed by atoms with E-state index in [1.54, 1.807) is 18.2 Å². The van der Waals surface area contributed by atoms with Gasteiger partial charge in [0, 0.05) is 23.5 Å². The Morgan fingerprint density at radius 3 is 2.57 bits per heavy atom. The van der Waals surface area contributed by atoms with E-state index >= 15 is 0 Å². The Hall–Kier alpha value is -2.17. The first-order chi connectivity index (χ1) is 9.97. The molecule has 0 aliphatic carbocycles. The highest BCUT2D eigenvalue weighted by molar-refractivity contribution is 5.58. The summed E-state index contributed by atoms with van der Waals surface area (Å²) >= 11 is 0. The van der Waals surface area contributed by atoms with E-state index in [1.807, 2.05) is 6.92 Å². The zero-order chi connectivity index (χ0) is 15.4. The summed E-state index contributed by atoms with van der Waals surface area (Å²) in [5.74, 6) is -0.275. The molecule has 0 saturated heterocycles. The Kier molecular flexibility index (Phi) is 4.73. The van der Waals surface area contributed by atoms with Crippen LogP contribution >= 0.6 is 0 Å². The fourth-order valence-corrected chi connectivity index (χ4v) is 2.19. The van der Waals surface area contributed by atoms with E-state index in [-0.39, 0.29) is 11.4 Å². The van der Waals surface area contributed by atoms with Crippen molar-refractivity contribution in [3.63, 3.8) is 0 Å². The van der Waals surface area contributed by atoms with Gasteiger partial charge in [-0.15, -0.1) is 0 Å². The zero-order valence-electron chi connectivity index (χ0n) is 11.7. The number of nitrogen functional groups attached to an aromatic ring is 1. The van der Waals surface area contributed by atoms with Gasteiger partial charge in [-0.3, -0.25) is 0 Å². The average molecular weight is 294 g/mol. The van der Waals surface area contributed by atoms with Crippen LogP contribution in [0, 0.1) is 12.7 Å². The number of benzene rings is 2. The van der Waals surface area contributed by atoms with Crippen LogP contribution in [0.3, 0.4) is 0 Å². The number of alkyl halides is 2. The summed E-state index contributed by atoms with van der Waals surface area (Å²) in [4.78, 5) is 0. The number of nitrogens with two attached hydrogens (primary N) is 1. The van der Waals surface area contributed by atoms with Gasteiger partial charge in [0.15, 0.2) is 0 Å². The minimum atomic E-state index is -2.58. The van der Waals surface area contributed by atoms with Crippen LogP contribution in [0.5, 0.6) is 0 Å². The molecule has 2 aromatic rings. The second-order valence-electron chi connectivity index (χ2n) is 4.89. The molecule has 0 saturated carbocycles. The maximum Gasteiger partial charge on any atom is 0.265 e. The van der Waals surface area contributed by atoms with E-state index in [0.29, 0.717) is 24.3 Å². The van der Waals surface area contributed by atoms with Gasteiger partial charge in [0.1, 0.15) is 5.82 Å². The number of rotatable bonds is 5. The SMILES string of the molecule is Cc1cc(F)ccc1CCNc1ccc(N)cc1C(F)F. The molecular formula is C16H17F3N2. The van der Waals surface area contributed by atoms with Crippen molar-refractivity contribution >= 4 is 11.4 Å². The van der Waals surface area contributed by atoms with Crippen molar-refractivity contribution in [3.8, 4) is 0 Å². The number of aryl methyl sites for hydroxylation is 1. The second-order valence-corrected chi connectivity index (χ2v) is 4.89. The standard InChI is InChI=1S/C16H17F3N2/c1-10-8-12(17)3-2-11(10)6-7-21-15-5-4-13(20)9-14(15)16(18)19/h2-5,8-9,16,21H,6-7,20H2,1H3. The number of hydrogen-bond acceptors (Lipinski definition) is 2. The lowest BCUT2D eigenvalue weighted by Crippen LogP contribution is -2.08. The highest BCUT2D eigenvalue weighted by Crippen LogP contribution is 2.28. The monoisotopic (exact) mass is 294 g/mol. The molecule has 0 aliphatic heterocycles. The molecule has 0 unspecified atom stereocenters. The van der Waals surface area contributed by atoms with Gasteiger partial charge < -0.3 is 11.1 Å². The number of hydrogen-bond donors (Lipinski definition) is 2. The Morgan fingerprint density at radius 1 is 1.14 bits per heavy atom. The van der Waals surface area contributed by atoms with E-state index in [9.17, 15) is 13.2 Å². The molecule has 2 rings (SSSR count). The lowest BCUT2D eigenvalue weighted by atomic mass is 10.1. The molecule has 21 heavy (non-hydrogen) atoms. The van der Waals surface area contributed by atoms with E-state index in [2.05, 4.69) is 5.32 Å². The lowest BCUT2D eigenvalue weighted by Gasteiger charge is -2.13. The smallest absolute Gasteiger partial charge is 0.265 e. The minimum Gasteiger partial charge on any atom is -0.399 e. The third-order valence-electron chi connectivity index (χ3n) is 3.33. The Balaban J connectivity index is 2.03. The highest BCUT2D eigenvalue weighted by Gasteiger charge is 2.13. The second kappa shape index (κ2) is 6.52. The maximum absolute atomic E-state index is 13.0. The summed E-state index contributed by atoms with van der Waals surface area (Å²) in [7, 11) is 0. The molecule has 0 fully saturated rings. The van der Waals surface area contributed by atoms with Crippen molar-refractivity contribution in [1.29, 1.82) is 0 Å². The van der Waals surface area contributed by atoms with E-state index in [0.717, 1.165) is 11.1 Å². The maximum atomic E-state index is 13.0. The first kappa shape index (κ1) is 15.2. The fourth-order valence-electron chi connectivity index (χ4n) is 2.19. The van der Waals surface area contributed by atoms with E-state index in [1.165, 1.54) is 18.2 Å².